The van der Waals surface area contributed by atoms with Gasteiger partial charge in [0.15, 0.2) is 11.5 Å². The van der Waals surface area contributed by atoms with Gasteiger partial charge in [-0.3, -0.25) is 14.9 Å². The number of nitro groups is 1. The van der Waals surface area contributed by atoms with Crippen molar-refractivity contribution >= 4 is 28.7 Å². The summed E-state index contributed by atoms with van der Waals surface area (Å²) in [5.41, 5.74) is 5.37. The van der Waals surface area contributed by atoms with Crippen molar-refractivity contribution in [1.82, 2.24) is 25.2 Å². The van der Waals surface area contributed by atoms with E-state index in [0.29, 0.717) is 35.2 Å². The van der Waals surface area contributed by atoms with Crippen LogP contribution in [0.15, 0.2) is 54.6 Å². The number of nitrogens with zero attached hydrogens (tertiary/aromatic N) is 5. The van der Waals surface area contributed by atoms with Crippen LogP contribution in [0.5, 0.6) is 28.7 Å². The third-order valence-electron chi connectivity index (χ3n) is 14.1. The largest absolute Gasteiger partial charge is 0.507 e. The maximum Gasteiger partial charge on any atom is 0.346 e. The van der Waals surface area contributed by atoms with E-state index in [1.54, 1.807) is 6.92 Å². The molecule has 0 saturated heterocycles. The Bertz CT molecular complexity index is 2600. The van der Waals surface area contributed by atoms with Gasteiger partial charge in [0.25, 0.3) is 11.6 Å². The van der Waals surface area contributed by atoms with Gasteiger partial charge < -0.3 is 29.9 Å². The van der Waals surface area contributed by atoms with Crippen molar-refractivity contribution in [3.05, 3.63) is 104 Å². The fourth-order valence-corrected chi connectivity index (χ4v) is 9.24. The number of aryl methyl sites for hydroxylation is 1. The number of nitro benzene ring substituents is 1. The number of carbonyl (C=O) groups is 2. The molecule has 2 unspecified atom stereocenters. The van der Waals surface area contributed by atoms with E-state index < -0.39 is 16.9 Å². The highest BCUT2D eigenvalue weighted by Crippen LogP contribution is 2.62. The Morgan fingerprint density at radius 1 is 0.908 bits per heavy atom. The summed E-state index contributed by atoms with van der Waals surface area (Å²) in [7, 11) is 0. The van der Waals surface area contributed by atoms with Gasteiger partial charge in [0.2, 0.25) is 0 Å². The van der Waals surface area contributed by atoms with Crippen LogP contribution < -0.4 is 14.8 Å². The molecule has 2 bridgehead atoms. The molecule has 7 rings (SSSR count). The van der Waals surface area contributed by atoms with Crippen molar-refractivity contribution in [3.8, 4) is 28.7 Å². The Labute approximate surface area is 381 Å². The van der Waals surface area contributed by atoms with E-state index in [0.717, 1.165) is 68.2 Å². The number of phenolic OH excluding ortho intramolecular Hbond substituents is 2. The summed E-state index contributed by atoms with van der Waals surface area (Å²) in [6, 6.07) is 15.6. The molecular formula is C51H64N6O8. The second kappa shape index (κ2) is 19.1. The van der Waals surface area contributed by atoms with Crippen molar-refractivity contribution in [2.75, 3.05) is 19.7 Å². The van der Waals surface area contributed by atoms with Gasteiger partial charge in [0, 0.05) is 47.5 Å². The molecule has 0 aliphatic heterocycles. The van der Waals surface area contributed by atoms with Crippen molar-refractivity contribution in [2.45, 2.75) is 142 Å². The van der Waals surface area contributed by atoms with Crippen LogP contribution in [-0.4, -0.2) is 66.7 Å². The van der Waals surface area contributed by atoms with Gasteiger partial charge in [0.1, 0.15) is 28.3 Å². The SMILES string of the molecule is CCCCc1ccc2c(c1)nnn2C(=O)N(CC)Cc1cc([N+](=O)[O-])ccc1Oc1c(O)c2c(c(O)c1C(=O)NCCCOc1ccc(C(C)(C)CC)cc1C(C)(C)CC)C1CCC2C1. The monoisotopic (exact) mass is 888 g/mol. The number of nitrogens with one attached hydrogen (secondary N) is 1. The topological polar surface area (TPSA) is 182 Å². The number of amides is 2. The number of aromatic nitrogens is 3. The van der Waals surface area contributed by atoms with Crippen LogP contribution in [0.4, 0.5) is 10.5 Å². The van der Waals surface area contributed by atoms with Crippen molar-refractivity contribution in [2.24, 2.45) is 0 Å². The number of benzene rings is 4. The molecule has 0 radical (unpaired) electrons. The molecule has 1 aromatic heterocycles. The Hall–Kier alpha value is -6.18. The average Bonchev–Trinajstić information content (AvgIpc) is 4.05. The third-order valence-corrected chi connectivity index (χ3v) is 14.1. The minimum atomic E-state index is -0.651. The fourth-order valence-electron chi connectivity index (χ4n) is 9.24. The zero-order valence-corrected chi connectivity index (χ0v) is 39.1. The highest BCUT2D eigenvalue weighted by atomic mass is 16.6. The Morgan fingerprint density at radius 2 is 1.62 bits per heavy atom. The first kappa shape index (κ1) is 46.8. The zero-order chi connectivity index (χ0) is 46.8. The summed E-state index contributed by atoms with van der Waals surface area (Å²) in [6.45, 7) is 17.7. The summed E-state index contributed by atoms with van der Waals surface area (Å²) in [6.07, 6.45) is 7.71. The lowest BCUT2D eigenvalue weighted by atomic mass is 9.76. The first-order chi connectivity index (χ1) is 31.0. The number of fused-ring (bicyclic) bond motifs is 6. The van der Waals surface area contributed by atoms with Crippen LogP contribution >= 0.6 is 0 Å². The maximum absolute atomic E-state index is 14.2. The van der Waals surface area contributed by atoms with Gasteiger partial charge in [-0.25, -0.2) is 4.79 Å². The number of aromatic hydroxyl groups is 2. The molecule has 2 aliphatic rings. The highest BCUT2D eigenvalue weighted by molar-refractivity contribution is 6.02. The van der Waals surface area contributed by atoms with E-state index in [2.05, 4.69) is 76.2 Å². The summed E-state index contributed by atoms with van der Waals surface area (Å²) in [4.78, 5) is 41.3. The van der Waals surface area contributed by atoms with Gasteiger partial charge in [-0.05, 0) is 116 Å². The van der Waals surface area contributed by atoms with Gasteiger partial charge in [-0.2, -0.15) is 4.68 Å². The Balaban J connectivity index is 1.15. The predicted molar refractivity (Wildman–Crippen MR) is 251 cm³/mol. The molecule has 4 aromatic carbocycles. The van der Waals surface area contributed by atoms with Crippen LogP contribution in [0, 0.1) is 10.1 Å². The van der Waals surface area contributed by atoms with Crippen molar-refractivity contribution in [1.29, 1.82) is 0 Å². The molecule has 346 valence electrons. The number of phenols is 2. The minimum Gasteiger partial charge on any atom is -0.507 e. The number of carbonyl (C=O) groups excluding carboxylic acids is 2. The summed E-state index contributed by atoms with van der Waals surface area (Å²) >= 11 is 0. The molecule has 2 aliphatic carbocycles. The lowest BCUT2D eigenvalue weighted by Crippen LogP contribution is -2.34. The molecule has 65 heavy (non-hydrogen) atoms. The quantitative estimate of drug-likeness (QED) is 0.0312. The van der Waals surface area contributed by atoms with Gasteiger partial charge in [-0.1, -0.05) is 78.3 Å². The molecule has 5 aromatic rings. The number of rotatable bonds is 19. The third kappa shape index (κ3) is 9.35. The van der Waals surface area contributed by atoms with Gasteiger partial charge in [0.05, 0.1) is 23.6 Å². The number of ether oxygens (including phenoxy) is 2. The molecule has 1 fully saturated rings. The van der Waals surface area contributed by atoms with Crippen LogP contribution in [0.1, 0.15) is 162 Å². The molecule has 3 N–H and O–H groups in total. The predicted octanol–water partition coefficient (Wildman–Crippen LogP) is 11.3. The molecule has 1 heterocycles. The van der Waals surface area contributed by atoms with Crippen LogP contribution in [0.25, 0.3) is 11.0 Å². The van der Waals surface area contributed by atoms with Crippen molar-refractivity contribution in [3.63, 3.8) is 0 Å². The molecule has 14 heteroatoms. The lowest BCUT2D eigenvalue weighted by molar-refractivity contribution is -0.384. The number of hydrogen-bond acceptors (Lipinski definition) is 10. The maximum atomic E-state index is 14.2. The van der Waals surface area contributed by atoms with E-state index in [1.165, 1.54) is 33.3 Å². The molecule has 2 amide bonds. The zero-order valence-electron chi connectivity index (χ0n) is 39.1. The van der Waals surface area contributed by atoms with E-state index in [9.17, 15) is 29.9 Å². The second-order valence-corrected chi connectivity index (χ2v) is 19.0. The minimum absolute atomic E-state index is 0.0133. The molecule has 0 spiro atoms. The smallest absolute Gasteiger partial charge is 0.346 e. The Kier molecular flexibility index (Phi) is 13.8. The number of unbranched alkanes of at least 4 members (excludes halogenated alkanes) is 1. The molecule has 2 atom stereocenters. The van der Waals surface area contributed by atoms with E-state index in [4.69, 9.17) is 9.47 Å². The highest BCUT2D eigenvalue weighted by Gasteiger charge is 2.44. The molecule has 1 saturated carbocycles. The van der Waals surface area contributed by atoms with Crippen LogP contribution in [-0.2, 0) is 23.8 Å². The first-order valence-corrected chi connectivity index (χ1v) is 23.3. The Morgan fingerprint density at radius 3 is 2.29 bits per heavy atom. The number of non-ortho nitro benzene ring substituents is 1. The van der Waals surface area contributed by atoms with E-state index >= 15 is 0 Å². The standard InChI is InChI=1S/C51H64N6O8/c1-9-13-15-31-16-21-39-38(26-31)53-54-56(39)49(61)55(12-4)30-34-28-36(57(62)63)20-23-40(34)65-47-44(45(58)42-32-17-18-33(27-32)43(42)46(47)59)48(60)52-24-14-25-64-41-22-19-35(50(5,6)10-2)29-37(41)51(7,8)11-3/h16,19-23,26,28-29,32-33,58-59H,9-15,17-18,24-25,27,30H2,1-8H3,(H,52,60). The summed E-state index contributed by atoms with van der Waals surface area (Å²) < 4.78 is 14.0. The van der Waals surface area contributed by atoms with Gasteiger partial charge in [-0.15, -0.1) is 5.10 Å². The number of hydrogen-bond donors (Lipinski definition) is 3. The lowest BCUT2D eigenvalue weighted by Gasteiger charge is -2.30. The van der Waals surface area contributed by atoms with Gasteiger partial charge >= 0.3 is 6.03 Å². The van der Waals surface area contributed by atoms with Crippen LogP contribution in [0.2, 0.25) is 0 Å². The normalized spacial score (nSPS) is 15.6. The first-order valence-electron chi connectivity index (χ1n) is 23.3. The van der Waals surface area contributed by atoms with E-state index in [1.807, 2.05) is 24.3 Å². The molecular weight excluding hydrogens is 825 g/mol. The summed E-state index contributed by atoms with van der Waals surface area (Å²) in [5.74, 6) is -0.576. The van der Waals surface area contributed by atoms with Crippen molar-refractivity contribution < 1.29 is 34.2 Å². The second-order valence-electron chi connectivity index (χ2n) is 19.0. The summed E-state index contributed by atoms with van der Waals surface area (Å²) in [5, 5.41) is 47.3. The fraction of sp³-hybridized carbons (Fsp3) is 0.490. The van der Waals surface area contributed by atoms with Crippen LogP contribution in [0.3, 0.4) is 0 Å². The molecule has 14 nitrogen and oxygen atoms in total. The average molecular weight is 889 g/mol. The van der Waals surface area contributed by atoms with E-state index in [-0.39, 0.29) is 82.1 Å².